The van der Waals surface area contributed by atoms with Crippen LogP contribution in [0.1, 0.15) is 33.6 Å². The van der Waals surface area contributed by atoms with Crippen LogP contribution < -0.4 is 5.32 Å². The molecule has 0 spiro atoms. The van der Waals surface area contributed by atoms with E-state index in [0.29, 0.717) is 12.6 Å². The Morgan fingerprint density at radius 3 is 2.65 bits per heavy atom. The molecule has 1 heterocycles. The van der Waals surface area contributed by atoms with Crippen LogP contribution in [0, 0.1) is 0 Å². The number of likely N-dealkylation sites (N-methyl/N-ethyl adjacent to an activating group) is 2. The van der Waals surface area contributed by atoms with Gasteiger partial charge in [-0.05, 0) is 39.8 Å². The summed E-state index contributed by atoms with van der Waals surface area (Å²) < 4.78 is 0. The summed E-state index contributed by atoms with van der Waals surface area (Å²) in [7, 11) is 1.88. The molecule has 0 saturated carbocycles. The number of carbonyl (C=O) groups is 1. The van der Waals surface area contributed by atoms with E-state index < -0.39 is 0 Å². The lowest BCUT2D eigenvalue weighted by atomic mass is 10.2. The van der Waals surface area contributed by atoms with Crippen molar-refractivity contribution >= 4 is 5.91 Å². The Labute approximate surface area is 105 Å². The summed E-state index contributed by atoms with van der Waals surface area (Å²) in [6.07, 6.45) is 2.51. The van der Waals surface area contributed by atoms with Crippen molar-refractivity contribution in [1.29, 1.82) is 0 Å². The highest BCUT2D eigenvalue weighted by atomic mass is 16.2. The molecular weight excluding hydrogens is 214 g/mol. The second-order valence-electron chi connectivity index (χ2n) is 5.22. The van der Waals surface area contributed by atoms with Gasteiger partial charge >= 0.3 is 0 Å². The van der Waals surface area contributed by atoms with Crippen molar-refractivity contribution in [3.05, 3.63) is 0 Å². The SMILES string of the molecule is CCN(CC(=O)N(C)C(C)C)CC1CCCN1. The third-order valence-corrected chi connectivity index (χ3v) is 3.62. The van der Waals surface area contributed by atoms with Crippen LogP contribution in [0.5, 0.6) is 0 Å². The summed E-state index contributed by atoms with van der Waals surface area (Å²) in [6.45, 7) is 9.83. The lowest BCUT2D eigenvalue weighted by Gasteiger charge is -2.28. The maximum Gasteiger partial charge on any atom is 0.236 e. The summed E-state index contributed by atoms with van der Waals surface area (Å²) in [5, 5.41) is 3.48. The van der Waals surface area contributed by atoms with E-state index in [4.69, 9.17) is 0 Å². The number of nitrogens with one attached hydrogen (secondary N) is 1. The first-order chi connectivity index (χ1) is 8.04. The molecule has 1 rings (SSSR count). The zero-order valence-corrected chi connectivity index (χ0v) is 11.7. The van der Waals surface area contributed by atoms with Gasteiger partial charge in [-0.2, -0.15) is 0 Å². The molecular formula is C13H27N3O. The Morgan fingerprint density at radius 1 is 1.47 bits per heavy atom. The Hall–Kier alpha value is -0.610. The van der Waals surface area contributed by atoms with Gasteiger partial charge in [0, 0.05) is 25.7 Å². The highest BCUT2D eigenvalue weighted by Gasteiger charge is 2.20. The molecule has 1 aliphatic heterocycles. The van der Waals surface area contributed by atoms with E-state index in [9.17, 15) is 4.79 Å². The van der Waals surface area contributed by atoms with Gasteiger partial charge in [-0.1, -0.05) is 6.92 Å². The molecule has 1 N–H and O–H groups in total. The standard InChI is InChI=1S/C13H27N3O/c1-5-16(9-12-7-6-8-14-12)10-13(17)15(4)11(2)3/h11-12,14H,5-10H2,1-4H3. The molecule has 1 aliphatic rings. The second-order valence-corrected chi connectivity index (χ2v) is 5.22. The smallest absolute Gasteiger partial charge is 0.236 e. The van der Waals surface area contributed by atoms with E-state index >= 15 is 0 Å². The van der Waals surface area contributed by atoms with Gasteiger partial charge in [-0.3, -0.25) is 9.69 Å². The van der Waals surface area contributed by atoms with Crippen LogP contribution in [0.25, 0.3) is 0 Å². The maximum atomic E-state index is 12.0. The fourth-order valence-electron chi connectivity index (χ4n) is 2.12. The molecule has 0 bridgehead atoms. The number of carbonyl (C=O) groups excluding carboxylic acids is 1. The molecule has 1 saturated heterocycles. The fraction of sp³-hybridized carbons (Fsp3) is 0.923. The summed E-state index contributed by atoms with van der Waals surface area (Å²) >= 11 is 0. The maximum absolute atomic E-state index is 12.0. The lowest BCUT2D eigenvalue weighted by Crippen LogP contribution is -2.45. The molecule has 17 heavy (non-hydrogen) atoms. The van der Waals surface area contributed by atoms with Gasteiger partial charge < -0.3 is 10.2 Å². The van der Waals surface area contributed by atoms with Crippen LogP contribution in [0.3, 0.4) is 0 Å². The zero-order chi connectivity index (χ0) is 12.8. The molecule has 100 valence electrons. The summed E-state index contributed by atoms with van der Waals surface area (Å²) in [6, 6.07) is 0.859. The van der Waals surface area contributed by atoms with Crippen molar-refractivity contribution in [2.24, 2.45) is 0 Å². The average Bonchev–Trinajstić information content (AvgIpc) is 2.79. The van der Waals surface area contributed by atoms with Crippen molar-refractivity contribution in [1.82, 2.24) is 15.1 Å². The van der Waals surface area contributed by atoms with E-state index in [-0.39, 0.29) is 11.9 Å². The van der Waals surface area contributed by atoms with Gasteiger partial charge in [0.2, 0.25) is 5.91 Å². The molecule has 0 aromatic rings. The molecule has 4 nitrogen and oxygen atoms in total. The first-order valence-corrected chi connectivity index (χ1v) is 6.76. The first kappa shape index (κ1) is 14.5. The lowest BCUT2D eigenvalue weighted by molar-refractivity contribution is -0.132. The van der Waals surface area contributed by atoms with E-state index in [2.05, 4.69) is 17.1 Å². The molecule has 1 atom stereocenters. The normalized spacial score (nSPS) is 20.2. The summed E-state index contributed by atoms with van der Waals surface area (Å²) in [4.78, 5) is 16.1. The topological polar surface area (TPSA) is 35.6 Å². The molecule has 1 fully saturated rings. The van der Waals surface area contributed by atoms with Gasteiger partial charge in [-0.15, -0.1) is 0 Å². The first-order valence-electron chi connectivity index (χ1n) is 6.76. The molecule has 0 aliphatic carbocycles. The Morgan fingerprint density at radius 2 is 2.18 bits per heavy atom. The van der Waals surface area contributed by atoms with E-state index in [1.54, 1.807) is 0 Å². The third kappa shape index (κ3) is 4.64. The predicted octanol–water partition coefficient (Wildman–Crippen LogP) is 0.927. The van der Waals surface area contributed by atoms with Crippen LogP contribution in [-0.2, 0) is 4.79 Å². The quantitative estimate of drug-likeness (QED) is 0.751. The molecule has 1 amide bonds. The fourth-order valence-corrected chi connectivity index (χ4v) is 2.12. The van der Waals surface area contributed by atoms with Crippen LogP contribution >= 0.6 is 0 Å². The number of nitrogens with zero attached hydrogens (tertiary/aromatic N) is 2. The molecule has 0 radical (unpaired) electrons. The van der Waals surface area contributed by atoms with Crippen molar-refractivity contribution in [3.63, 3.8) is 0 Å². The monoisotopic (exact) mass is 241 g/mol. The van der Waals surface area contributed by atoms with Crippen molar-refractivity contribution < 1.29 is 4.79 Å². The van der Waals surface area contributed by atoms with E-state index in [0.717, 1.165) is 19.6 Å². The minimum atomic E-state index is 0.222. The highest BCUT2D eigenvalue weighted by Crippen LogP contribution is 2.07. The van der Waals surface area contributed by atoms with Crippen molar-refractivity contribution in [2.75, 3.05) is 33.2 Å². The predicted molar refractivity (Wildman–Crippen MR) is 71.0 cm³/mol. The molecule has 0 aromatic carbocycles. The average molecular weight is 241 g/mol. The van der Waals surface area contributed by atoms with Crippen LogP contribution in [0.2, 0.25) is 0 Å². The number of rotatable bonds is 6. The van der Waals surface area contributed by atoms with Gasteiger partial charge in [0.05, 0.1) is 6.54 Å². The number of hydrogen-bond donors (Lipinski definition) is 1. The van der Waals surface area contributed by atoms with E-state index in [1.807, 2.05) is 25.8 Å². The molecule has 1 unspecified atom stereocenters. The molecule has 4 heteroatoms. The number of hydrogen-bond acceptors (Lipinski definition) is 3. The summed E-state index contributed by atoms with van der Waals surface area (Å²) in [5.74, 6) is 0.222. The van der Waals surface area contributed by atoms with Gasteiger partial charge in [0.15, 0.2) is 0 Å². The molecule has 0 aromatic heterocycles. The minimum Gasteiger partial charge on any atom is -0.342 e. The second kappa shape index (κ2) is 6.97. The van der Waals surface area contributed by atoms with Crippen molar-refractivity contribution in [2.45, 2.75) is 45.7 Å². The largest absolute Gasteiger partial charge is 0.342 e. The summed E-state index contributed by atoms with van der Waals surface area (Å²) in [5.41, 5.74) is 0. The Bertz CT molecular complexity index is 237. The Kier molecular flexibility index (Phi) is 5.92. The van der Waals surface area contributed by atoms with Crippen LogP contribution in [-0.4, -0.2) is 61.0 Å². The van der Waals surface area contributed by atoms with Gasteiger partial charge in [0.1, 0.15) is 0 Å². The van der Waals surface area contributed by atoms with Gasteiger partial charge in [-0.25, -0.2) is 0 Å². The van der Waals surface area contributed by atoms with Gasteiger partial charge in [0.25, 0.3) is 0 Å². The number of amides is 1. The minimum absolute atomic E-state index is 0.222. The third-order valence-electron chi connectivity index (χ3n) is 3.62. The van der Waals surface area contributed by atoms with E-state index in [1.165, 1.54) is 12.8 Å². The zero-order valence-electron chi connectivity index (χ0n) is 11.7. The van der Waals surface area contributed by atoms with Crippen LogP contribution in [0.4, 0.5) is 0 Å². The van der Waals surface area contributed by atoms with Crippen molar-refractivity contribution in [3.8, 4) is 0 Å². The van der Waals surface area contributed by atoms with Crippen LogP contribution in [0.15, 0.2) is 0 Å². The highest BCUT2D eigenvalue weighted by molar-refractivity contribution is 5.78. The Balaban J connectivity index is 2.37.